The number of nitrogens with one attached hydrogen (secondary N) is 3. The lowest BCUT2D eigenvalue weighted by atomic mass is 9.95. The zero-order valence-electron chi connectivity index (χ0n) is 19.0. The van der Waals surface area contributed by atoms with Crippen LogP contribution in [0.3, 0.4) is 0 Å². The maximum absolute atomic E-state index is 14.7. The minimum Gasteiger partial charge on any atom is -0.357 e. The van der Waals surface area contributed by atoms with E-state index in [9.17, 15) is 14.0 Å². The summed E-state index contributed by atoms with van der Waals surface area (Å²) < 4.78 is 14.7. The second-order valence-corrected chi connectivity index (χ2v) is 9.22. The van der Waals surface area contributed by atoms with Gasteiger partial charge in [-0.05, 0) is 55.7 Å². The van der Waals surface area contributed by atoms with Crippen LogP contribution in [0.25, 0.3) is 0 Å². The van der Waals surface area contributed by atoms with Crippen molar-refractivity contribution >= 4 is 35.2 Å². The molecule has 3 unspecified atom stereocenters. The van der Waals surface area contributed by atoms with Gasteiger partial charge in [-0.15, -0.1) is 0 Å². The highest BCUT2D eigenvalue weighted by atomic mass is 19.1. The van der Waals surface area contributed by atoms with Crippen molar-refractivity contribution in [1.29, 1.82) is 0 Å². The lowest BCUT2D eigenvalue weighted by molar-refractivity contribution is 0.242. The van der Waals surface area contributed by atoms with Gasteiger partial charge in [0, 0.05) is 31.9 Å². The molecule has 10 heteroatoms. The summed E-state index contributed by atoms with van der Waals surface area (Å²) in [6.45, 7) is 1.98. The number of anilines is 4. The van der Waals surface area contributed by atoms with Crippen LogP contribution >= 0.6 is 0 Å². The average Bonchev–Trinajstić information content (AvgIpc) is 3.41. The topological polar surface area (TPSA) is 102 Å². The highest BCUT2D eigenvalue weighted by molar-refractivity contribution is 6.06. The summed E-state index contributed by atoms with van der Waals surface area (Å²) in [5.41, 5.74) is 1.92. The Labute approximate surface area is 191 Å². The first-order valence-corrected chi connectivity index (χ1v) is 11.3. The highest BCUT2D eigenvalue weighted by Crippen LogP contribution is 2.44. The Morgan fingerprint density at radius 2 is 2.06 bits per heavy atom. The molecule has 9 nitrogen and oxygen atoms in total. The molecule has 3 atom stereocenters. The molecule has 3 N–H and O–H groups in total. The summed E-state index contributed by atoms with van der Waals surface area (Å²) in [4.78, 5) is 37.4. The standard InChI is InChI=1S/C23H28FN7O2/c1-12-6-16(24)18(28-22(32)27-17-8-13-4-5-14(17)7-13)9-19(12)31-11-15-10-26-21(25-2)29-20(15)30(3)23(31)33/h6,9-10,13-14,17H,4-5,7-8,11H2,1-3H3,(H,25,26,29)(H2,27,28,32). The molecule has 3 aliphatic rings. The number of hydrogen-bond donors (Lipinski definition) is 3. The van der Waals surface area contributed by atoms with E-state index in [0.29, 0.717) is 34.9 Å². The smallest absolute Gasteiger partial charge is 0.330 e. The molecule has 2 aliphatic carbocycles. The normalized spacial score (nSPS) is 23.5. The molecule has 0 spiro atoms. The molecule has 4 amide bonds. The van der Waals surface area contributed by atoms with Gasteiger partial charge >= 0.3 is 12.1 Å². The maximum atomic E-state index is 14.7. The molecule has 174 valence electrons. The summed E-state index contributed by atoms with van der Waals surface area (Å²) in [5.74, 6) is 1.62. The Balaban J connectivity index is 1.37. The van der Waals surface area contributed by atoms with E-state index in [0.717, 1.165) is 18.4 Å². The Bertz CT molecular complexity index is 1120. The number of aryl methyl sites for hydroxylation is 1. The third-order valence-electron chi connectivity index (χ3n) is 7.11. The van der Waals surface area contributed by atoms with Crippen molar-refractivity contribution in [2.24, 2.45) is 11.8 Å². The van der Waals surface area contributed by atoms with Crippen molar-refractivity contribution in [3.63, 3.8) is 0 Å². The van der Waals surface area contributed by atoms with Crippen LogP contribution in [-0.4, -0.2) is 42.2 Å². The van der Waals surface area contributed by atoms with Gasteiger partial charge in [-0.25, -0.2) is 19.0 Å². The minimum absolute atomic E-state index is 0.0410. The van der Waals surface area contributed by atoms with Gasteiger partial charge < -0.3 is 16.0 Å². The van der Waals surface area contributed by atoms with Crippen LogP contribution in [0, 0.1) is 24.6 Å². The first-order valence-electron chi connectivity index (χ1n) is 11.3. The van der Waals surface area contributed by atoms with Crippen LogP contribution in [-0.2, 0) is 6.54 Å². The molecule has 2 fully saturated rings. The average molecular weight is 454 g/mol. The van der Waals surface area contributed by atoms with E-state index in [1.165, 1.54) is 29.9 Å². The SMILES string of the molecule is CNc1ncc2c(n1)N(C)C(=O)N(c1cc(NC(=O)NC3CC4CCC3C4)c(F)cc1C)C2. The molecule has 1 aromatic carbocycles. The summed E-state index contributed by atoms with van der Waals surface area (Å²) in [6, 6.07) is 2.29. The molecule has 2 bridgehead atoms. The van der Waals surface area contributed by atoms with E-state index in [4.69, 9.17) is 0 Å². The van der Waals surface area contributed by atoms with E-state index in [1.54, 1.807) is 32.1 Å². The highest BCUT2D eigenvalue weighted by Gasteiger charge is 2.40. The number of halogens is 1. The van der Waals surface area contributed by atoms with E-state index in [2.05, 4.69) is 25.9 Å². The van der Waals surface area contributed by atoms with E-state index in [1.807, 2.05) is 0 Å². The van der Waals surface area contributed by atoms with Gasteiger partial charge in [0.2, 0.25) is 5.95 Å². The third-order valence-corrected chi connectivity index (χ3v) is 7.11. The van der Waals surface area contributed by atoms with Gasteiger partial charge in [0.05, 0.1) is 17.9 Å². The van der Waals surface area contributed by atoms with E-state index in [-0.39, 0.29) is 24.3 Å². The second kappa shape index (κ2) is 8.17. The van der Waals surface area contributed by atoms with Crippen molar-refractivity contribution in [2.75, 3.05) is 34.5 Å². The van der Waals surface area contributed by atoms with Gasteiger partial charge in [-0.3, -0.25) is 9.80 Å². The summed E-state index contributed by atoms with van der Waals surface area (Å²) in [5, 5.41) is 8.53. The zero-order valence-corrected chi connectivity index (χ0v) is 19.0. The molecule has 5 rings (SSSR count). The molecule has 1 aromatic heterocycles. The molecule has 0 saturated heterocycles. The summed E-state index contributed by atoms with van der Waals surface area (Å²) >= 11 is 0. The molecule has 2 heterocycles. The number of amides is 4. The molecule has 0 radical (unpaired) electrons. The quantitative estimate of drug-likeness (QED) is 0.653. The second-order valence-electron chi connectivity index (χ2n) is 9.22. The van der Waals surface area contributed by atoms with Crippen LogP contribution in [0.4, 0.5) is 37.1 Å². The number of carbonyl (C=O) groups excluding carboxylic acids is 2. The fourth-order valence-corrected chi connectivity index (χ4v) is 5.41. The van der Waals surface area contributed by atoms with Crippen molar-refractivity contribution in [3.8, 4) is 0 Å². The van der Waals surface area contributed by atoms with Gasteiger partial charge in [0.15, 0.2) is 0 Å². The van der Waals surface area contributed by atoms with Gasteiger partial charge in [0.25, 0.3) is 0 Å². The number of aromatic nitrogens is 2. The van der Waals surface area contributed by atoms with Crippen molar-refractivity contribution < 1.29 is 14.0 Å². The number of fused-ring (bicyclic) bond motifs is 3. The molecule has 2 aromatic rings. The number of carbonyl (C=O) groups is 2. The number of nitrogens with zero attached hydrogens (tertiary/aromatic N) is 4. The zero-order chi connectivity index (χ0) is 23.3. The van der Waals surface area contributed by atoms with E-state index >= 15 is 0 Å². The number of rotatable bonds is 4. The lowest BCUT2D eigenvalue weighted by Gasteiger charge is -2.35. The maximum Gasteiger partial charge on any atom is 0.330 e. The molecular formula is C23H28FN7O2. The first-order chi connectivity index (χ1) is 15.8. The fraction of sp³-hybridized carbons (Fsp3) is 0.478. The van der Waals surface area contributed by atoms with Crippen molar-refractivity contribution in [3.05, 3.63) is 35.3 Å². The predicted octanol–water partition coefficient (Wildman–Crippen LogP) is 3.85. The fourth-order valence-electron chi connectivity index (χ4n) is 5.41. The Kier molecular flexibility index (Phi) is 5.30. The van der Waals surface area contributed by atoms with Crippen LogP contribution in [0.5, 0.6) is 0 Å². The van der Waals surface area contributed by atoms with E-state index < -0.39 is 11.8 Å². The van der Waals surface area contributed by atoms with Crippen molar-refractivity contribution in [1.82, 2.24) is 15.3 Å². The summed E-state index contributed by atoms with van der Waals surface area (Å²) in [7, 11) is 3.35. The molecule has 2 saturated carbocycles. The molecule has 1 aliphatic heterocycles. The van der Waals surface area contributed by atoms with Gasteiger partial charge in [-0.1, -0.05) is 6.42 Å². The van der Waals surface area contributed by atoms with Crippen LogP contribution in [0.15, 0.2) is 18.3 Å². The van der Waals surface area contributed by atoms with Crippen molar-refractivity contribution in [2.45, 2.75) is 45.2 Å². The lowest BCUT2D eigenvalue weighted by Crippen LogP contribution is -2.46. The first kappa shape index (κ1) is 21.4. The predicted molar refractivity (Wildman–Crippen MR) is 124 cm³/mol. The number of benzene rings is 1. The van der Waals surface area contributed by atoms with Crippen LogP contribution in [0.2, 0.25) is 0 Å². The van der Waals surface area contributed by atoms with Gasteiger partial charge in [-0.2, -0.15) is 4.98 Å². The Morgan fingerprint density at radius 3 is 2.76 bits per heavy atom. The van der Waals surface area contributed by atoms with Crippen LogP contribution in [0.1, 0.15) is 36.8 Å². The number of hydrogen-bond acceptors (Lipinski definition) is 5. The Hall–Kier alpha value is -3.43. The molecular weight excluding hydrogens is 425 g/mol. The van der Waals surface area contributed by atoms with Gasteiger partial charge in [0.1, 0.15) is 11.6 Å². The summed E-state index contributed by atoms with van der Waals surface area (Å²) in [6.07, 6.45) is 6.21. The number of urea groups is 2. The monoisotopic (exact) mass is 453 g/mol. The third kappa shape index (κ3) is 3.83. The Morgan fingerprint density at radius 1 is 1.24 bits per heavy atom. The minimum atomic E-state index is -0.542. The largest absolute Gasteiger partial charge is 0.357 e. The molecule has 33 heavy (non-hydrogen) atoms. The van der Waals surface area contributed by atoms with Crippen LogP contribution < -0.4 is 25.8 Å².